The van der Waals surface area contributed by atoms with Gasteiger partial charge in [0.25, 0.3) is 0 Å². The molecule has 24 heavy (non-hydrogen) atoms. The number of hydrogen-bond donors (Lipinski definition) is 0. The molecule has 130 valence electrons. The fourth-order valence-electron chi connectivity index (χ4n) is 4.89. The van der Waals surface area contributed by atoms with E-state index in [0.29, 0.717) is 35.9 Å². The standard InChI is InChI=1S/C20H25FO3/c1-2-23-17-10-9-16-15-8-5-13(12-3-6-14(22)7-4-12)11-18(15)24-20(16)19(17)21/h9-10,12-13,15,18H,2-8,11H2,1H3. The summed E-state index contributed by atoms with van der Waals surface area (Å²) in [6.07, 6.45) is 6.82. The van der Waals surface area contributed by atoms with Gasteiger partial charge in [0.1, 0.15) is 11.9 Å². The lowest BCUT2D eigenvalue weighted by Crippen LogP contribution is -2.33. The molecule has 4 rings (SSSR count). The maximum absolute atomic E-state index is 14.6. The topological polar surface area (TPSA) is 35.5 Å². The van der Waals surface area contributed by atoms with Crippen LogP contribution in [0, 0.1) is 17.7 Å². The third-order valence-corrected chi connectivity index (χ3v) is 6.15. The van der Waals surface area contributed by atoms with Gasteiger partial charge in [0, 0.05) is 24.3 Å². The fourth-order valence-corrected chi connectivity index (χ4v) is 4.89. The Hall–Kier alpha value is -1.58. The number of carbonyl (C=O) groups excluding carboxylic acids is 1. The summed E-state index contributed by atoms with van der Waals surface area (Å²) in [5.41, 5.74) is 1.01. The Bertz CT molecular complexity index is 632. The number of carbonyl (C=O) groups is 1. The molecule has 0 saturated heterocycles. The van der Waals surface area contributed by atoms with E-state index in [-0.39, 0.29) is 17.7 Å². The maximum Gasteiger partial charge on any atom is 0.207 e. The van der Waals surface area contributed by atoms with E-state index in [2.05, 4.69) is 0 Å². The van der Waals surface area contributed by atoms with Crippen molar-refractivity contribution in [3.63, 3.8) is 0 Å². The van der Waals surface area contributed by atoms with Gasteiger partial charge in [0.2, 0.25) is 5.82 Å². The summed E-state index contributed by atoms with van der Waals surface area (Å²) in [5, 5.41) is 0. The van der Waals surface area contributed by atoms with Crippen LogP contribution >= 0.6 is 0 Å². The molecule has 1 aromatic rings. The number of Topliss-reactive ketones (excluding diaryl/α,β-unsaturated/α-hetero) is 1. The van der Waals surface area contributed by atoms with E-state index in [4.69, 9.17) is 9.47 Å². The second kappa shape index (κ2) is 6.38. The van der Waals surface area contributed by atoms with E-state index in [1.54, 1.807) is 6.07 Å². The van der Waals surface area contributed by atoms with Crippen LogP contribution < -0.4 is 9.47 Å². The van der Waals surface area contributed by atoms with Crippen molar-refractivity contribution >= 4 is 5.78 Å². The van der Waals surface area contributed by atoms with Crippen LogP contribution in [0.25, 0.3) is 0 Å². The van der Waals surface area contributed by atoms with Gasteiger partial charge in [0.05, 0.1) is 6.61 Å². The van der Waals surface area contributed by atoms with E-state index in [0.717, 1.165) is 50.5 Å². The molecule has 3 unspecified atom stereocenters. The third kappa shape index (κ3) is 2.70. The smallest absolute Gasteiger partial charge is 0.207 e. The molecule has 1 aromatic carbocycles. The molecule has 2 aliphatic carbocycles. The van der Waals surface area contributed by atoms with Gasteiger partial charge in [-0.3, -0.25) is 4.79 Å². The van der Waals surface area contributed by atoms with Gasteiger partial charge >= 0.3 is 0 Å². The van der Waals surface area contributed by atoms with Crippen LogP contribution in [0.4, 0.5) is 4.39 Å². The van der Waals surface area contributed by atoms with Crippen LogP contribution in [0.15, 0.2) is 12.1 Å². The number of ketones is 1. The Labute approximate surface area is 142 Å². The number of fused-ring (bicyclic) bond motifs is 3. The lowest BCUT2D eigenvalue weighted by Gasteiger charge is -2.37. The molecule has 3 atom stereocenters. The lowest BCUT2D eigenvalue weighted by atomic mass is 9.69. The van der Waals surface area contributed by atoms with Crippen molar-refractivity contribution < 1.29 is 18.7 Å². The van der Waals surface area contributed by atoms with E-state index in [1.807, 2.05) is 13.0 Å². The molecule has 0 aromatic heterocycles. The molecule has 3 nitrogen and oxygen atoms in total. The van der Waals surface area contributed by atoms with Crippen molar-refractivity contribution in [2.24, 2.45) is 11.8 Å². The van der Waals surface area contributed by atoms with Crippen LogP contribution in [0.2, 0.25) is 0 Å². The minimum atomic E-state index is -0.344. The molecule has 0 N–H and O–H groups in total. The van der Waals surface area contributed by atoms with Crippen LogP contribution in [0.3, 0.4) is 0 Å². The van der Waals surface area contributed by atoms with Crippen molar-refractivity contribution in [1.82, 2.24) is 0 Å². The molecular formula is C20H25FO3. The normalized spacial score (nSPS) is 29.8. The molecule has 2 fully saturated rings. The van der Waals surface area contributed by atoms with Gasteiger partial charge in [-0.1, -0.05) is 6.07 Å². The summed E-state index contributed by atoms with van der Waals surface area (Å²) in [6.45, 7) is 2.30. The van der Waals surface area contributed by atoms with E-state index >= 15 is 0 Å². The summed E-state index contributed by atoms with van der Waals surface area (Å²) in [4.78, 5) is 11.5. The second-order valence-electron chi connectivity index (χ2n) is 7.44. The molecule has 0 spiro atoms. The first-order valence-electron chi connectivity index (χ1n) is 9.31. The van der Waals surface area contributed by atoms with Crippen LogP contribution in [0.1, 0.15) is 63.4 Å². The predicted octanol–water partition coefficient (Wildman–Crippen LogP) is 4.63. The van der Waals surface area contributed by atoms with Crippen molar-refractivity contribution in [3.05, 3.63) is 23.5 Å². The van der Waals surface area contributed by atoms with E-state index in [1.165, 1.54) is 0 Å². The highest BCUT2D eigenvalue weighted by molar-refractivity contribution is 5.79. The Morgan fingerprint density at radius 1 is 1.17 bits per heavy atom. The van der Waals surface area contributed by atoms with Gasteiger partial charge in [-0.15, -0.1) is 0 Å². The van der Waals surface area contributed by atoms with Crippen LogP contribution in [0.5, 0.6) is 11.5 Å². The van der Waals surface area contributed by atoms with Crippen molar-refractivity contribution in [1.29, 1.82) is 0 Å². The molecular weight excluding hydrogens is 307 g/mol. The summed E-state index contributed by atoms with van der Waals surface area (Å²) in [7, 11) is 0. The van der Waals surface area contributed by atoms with Crippen molar-refractivity contribution in [2.45, 2.75) is 63.9 Å². The average Bonchev–Trinajstić information content (AvgIpc) is 2.97. The molecule has 0 amide bonds. The average molecular weight is 332 g/mol. The first-order chi connectivity index (χ1) is 11.7. The molecule has 3 aliphatic rings. The molecule has 0 bridgehead atoms. The number of ether oxygens (including phenoxy) is 2. The zero-order chi connectivity index (χ0) is 16.7. The monoisotopic (exact) mass is 332 g/mol. The Morgan fingerprint density at radius 2 is 1.96 bits per heavy atom. The van der Waals surface area contributed by atoms with Gasteiger partial charge in [-0.25, -0.2) is 0 Å². The third-order valence-electron chi connectivity index (χ3n) is 6.15. The quantitative estimate of drug-likeness (QED) is 0.809. The highest BCUT2D eigenvalue weighted by Gasteiger charge is 2.43. The number of halogens is 1. The molecule has 1 aliphatic heterocycles. The largest absolute Gasteiger partial charge is 0.491 e. The van der Waals surface area contributed by atoms with E-state index < -0.39 is 0 Å². The van der Waals surface area contributed by atoms with Crippen molar-refractivity contribution in [2.75, 3.05) is 6.61 Å². The summed E-state index contributed by atoms with van der Waals surface area (Å²) in [5.74, 6) is 2.33. The summed E-state index contributed by atoms with van der Waals surface area (Å²) >= 11 is 0. The van der Waals surface area contributed by atoms with Crippen molar-refractivity contribution in [3.8, 4) is 11.5 Å². The number of benzene rings is 1. The maximum atomic E-state index is 14.6. The van der Waals surface area contributed by atoms with Gasteiger partial charge in [0.15, 0.2) is 11.5 Å². The van der Waals surface area contributed by atoms with Gasteiger partial charge in [-0.05, 0) is 56.9 Å². The minimum Gasteiger partial charge on any atom is -0.491 e. The minimum absolute atomic E-state index is 0.0859. The Morgan fingerprint density at radius 3 is 2.71 bits per heavy atom. The molecule has 4 heteroatoms. The molecule has 2 saturated carbocycles. The highest BCUT2D eigenvalue weighted by atomic mass is 19.1. The Balaban J connectivity index is 1.49. The van der Waals surface area contributed by atoms with Gasteiger partial charge in [-0.2, -0.15) is 4.39 Å². The van der Waals surface area contributed by atoms with E-state index in [9.17, 15) is 9.18 Å². The first-order valence-corrected chi connectivity index (χ1v) is 9.31. The molecule has 1 heterocycles. The SMILES string of the molecule is CCOc1ccc2c(c1F)OC1CC(C3CCC(=O)CC3)CCC21. The fraction of sp³-hybridized carbons (Fsp3) is 0.650. The second-order valence-corrected chi connectivity index (χ2v) is 7.44. The zero-order valence-electron chi connectivity index (χ0n) is 14.2. The molecule has 0 radical (unpaired) electrons. The van der Waals surface area contributed by atoms with Crippen LogP contribution in [-0.4, -0.2) is 18.5 Å². The summed E-state index contributed by atoms with van der Waals surface area (Å²) < 4.78 is 26.0. The number of hydrogen-bond acceptors (Lipinski definition) is 3. The Kier molecular flexibility index (Phi) is 4.23. The van der Waals surface area contributed by atoms with Crippen LogP contribution in [-0.2, 0) is 4.79 Å². The highest BCUT2D eigenvalue weighted by Crippen LogP contribution is 2.51. The summed E-state index contributed by atoms with van der Waals surface area (Å²) in [6, 6.07) is 3.72. The lowest BCUT2D eigenvalue weighted by molar-refractivity contribution is -0.121. The zero-order valence-corrected chi connectivity index (χ0v) is 14.2. The van der Waals surface area contributed by atoms with Gasteiger partial charge < -0.3 is 9.47 Å². The first kappa shape index (κ1) is 15.9. The number of rotatable bonds is 3. The predicted molar refractivity (Wildman–Crippen MR) is 89.0 cm³/mol.